The molecule has 0 unspecified atom stereocenters. The number of methoxy groups -OCH3 is 1. The summed E-state index contributed by atoms with van der Waals surface area (Å²) in [6.07, 6.45) is -1.27. The van der Waals surface area contributed by atoms with E-state index in [1.54, 1.807) is 7.11 Å². The molecule has 0 saturated carbocycles. The van der Waals surface area contributed by atoms with E-state index in [4.69, 9.17) is 4.74 Å². The number of hydrogen-bond donors (Lipinski definition) is 2. The Morgan fingerprint density at radius 3 is 2.67 bits per heavy atom. The van der Waals surface area contributed by atoms with Crippen molar-refractivity contribution in [2.45, 2.75) is 6.18 Å². The second-order valence-corrected chi connectivity index (χ2v) is 2.77. The summed E-state index contributed by atoms with van der Waals surface area (Å²) in [5.41, 5.74) is 0.206. The molecule has 0 aromatic rings. The van der Waals surface area contributed by atoms with Crippen LogP contribution >= 0.6 is 0 Å². The first-order valence-electron chi connectivity index (χ1n) is 4.34. The molecule has 0 aliphatic rings. The van der Waals surface area contributed by atoms with Crippen LogP contribution in [0.2, 0.25) is 0 Å². The van der Waals surface area contributed by atoms with Crippen LogP contribution in [0, 0.1) is 0 Å². The van der Waals surface area contributed by atoms with Gasteiger partial charge in [-0.15, -0.1) is 0 Å². The van der Waals surface area contributed by atoms with Crippen LogP contribution in [0.25, 0.3) is 0 Å². The van der Waals surface area contributed by atoms with Crippen LogP contribution in [-0.2, 0) is 4.74 Å². The zero-order chi connectivity index (χ0) is 11.7. The lowest BCUT2D eigenvalue weighted by atomic mass is 10.4. The van der Waals surface area contributed by atoms with Gasteiger partial charge in [-0.3, -0.25) is 0 Å². The second kappa shape index (κ2) is 7.17. The van der Waals surface area contributed by atoms with Gasteiger partial charge in [0.05, 0.1) is 6.61 Å². The van der Waals surface area contributed by atoms with Crippen LogP contribution < -0.4 is 10.6 Å². The minimum atomic E-state index is -4.22. The van der Waals surface area contributed by atoms with Gasteiger partial charge in [-0.2, -0.15) is 13.2 Å². The van der Waals surface area contributed by atoms with Crippen molar-refractivity contribution in [3.63, 3.8) is 0 Å². The van der Waals surface area contributed by atoms with Crippen molar-refractivity contribution in [3.05, 3.63) is 24.6 Å². The molecular formula is C9H15F3N2O. The van der Waals surface area contributed by atoms with E-state index in [1.807, 2.05) is 0 Å². The Morgan fingerprint density at radius 1 is 1.47 bits per heavy atom. The van der Waals surface area contributed by atoms with E-state index >= 15 is 0 Å². The van der Waals surface area contributed by atoms with Crippen molar-refractivity contribution in [3.8, 4) is 0 Å². The molecule has 0 bridgehead atoms. The van der Waals surface area contributed by atoms with Crippen molar-refractivity contribution in [2.75, 3.05) is 26.8 Å². The summed E-state index contributed by atoms with van der Waals surface area (Å²) in [6.45, 7) is 3.46. The fraction of sp³-hybridized carbons (Fsp3) is 0.556. The molecule has 0 fully saturated rings. The summed E-state index contributed by atoms with van der Waals surface area (Å²) in [4.78, 5) is 0. The van der Waals surface area contributed by atoms with Crippen molar-refractivity contribution < 1.29 is 17.9 Å². The van der Waals surface area contributed by atoms with Crippen LogP contribution in [-0.4, -0.2) is 33.0 Å². The summed E-state index contributed by atoms with van der Waals surface area (Å²) in [6, 6.07) is 0. The highest BCUT2D eigenvalue weighted by molar-refractivity contribution is 5.11. The fourth-order valence-corrected chi connectivity index (χ4v) is 0.677. The first-order chi connectivity index (χ1) is 6.95. The third-order valence-corrected chi connectivity index (χ3v) is 1.37. The van der Waals surface area contributed by atoms with Crippen LogP contribution in [0.5, 0.6) is 0 Å². The topological polar surface area (TPSA) is 33.3 Å². The average Bonchev–Trinajstić information content (AvgIpc) is 2.13. The Morgan fingerprint density at radius 2 is 2.13 bits per heavy atom. The van der Waals surface area contributed by atoms with Crippen molar-refractivity contribution in [1.82, 2.24) is 10.6 Å². The largest absolute Gasteiger partial charge is 0.405 e. The van der Waals surface area contributed by atoms with Crippen LogP contribution in [0.3, 0.4) is 0 Å². The number of halogens is 3. The van der Waals surface area contributed by atoms with Gasteiger partial charge < -0.3 is 15.4 Å². The van der Waals surface area contributed by atoms with Crippen molar-refractivity contribution >= 4 is 0 Å². The first-order valence-corrected chi connectivity index (χ1v) is 4.34. The molecule has 15 heavy (non-hydrogen) atoms. The summed E-state index contributed by atoms with van der Waals surface area (Å²) in [7, 11) is 1.56. The van der Waals surface area contributed by atoms with E-state index in [1.165, 1.54) is 12.3 Å². The maximum atomic E-state index is 11.7. The van der Waals surface area contributed by atoms with Gasteiger partial charge in [0.1, 0.15) is 6.54 Å². The molecule has 88 valence electrons. The number of nitrogens with one attached hydrogen (secondary N) is 2. The minimum absolute atomic E-state index is 0.206. The van der Waals surface area contributed by atoms with Gasteiger partial charge in [-0.1, -0.05) is 6.58 Å². The number of rotatable bonds is 7. The zero-order valence-corrected chi connectivity index (χ0v) is 8.53. The van der Waals surface area contributed by atoms with Gasteiger partial charge in [0.2, 0.25) is 0 Å². The van der Waals surface area contributed by atoms with E-state index in [9.17, 15) is 13.2 Å². The molecule has 0 aromatic heterocycles. The summed E-state index contributed by atoms with van der Waals surface area (Å²) in [5.74, 6) is 0. The van der Waals surface area contributed by atoms with E-state index in [0.717, 1.165) is 0 Å². The molecule has 3 nitrogen and oxygen atoms in total. The molecule has 0 amide bonds. The number of allylic oxidation sites excluding steroid dienone is 1. The summed E-state index contributed by atoms with van der Waals surface area (Å²) >= 11 is 0. The highest BCUT2D eigenvalue weighted by Gasteiger charge is 2.26. The third-order valence-electron chi connectivity index (χ3n) is 1.37. The molecule has 0 saturated heterocycles. The van der Waals surface area contributed by atoms with Crippen molar-refractivity contribution in [2.24, 2.45) is 0 Å². The Kier molecular flexibility index (Phi) is 6.61. The maximum Gasteiger partial charge on any atom is 0.405 e. The molecule has 2 N–H and O–H groups in total. The van der Waals surface area contributed by atoms with E-state index in [-0.39, 0.29) is 5.70 Å². The fourth-order valence-electron chi connectivity index (χ4n) is 0.677. The van der Waals surface area contributed by atoms with Gasteiger partial charge in [0.25, 0.3) is 0 Å². The molecule has 6 heteroatoms. The van der Waals surface area contributed by atoms with Gasteiger partial charge in [-0.25, -0.2) is 0 Å². The zero-order valence-electron chi connectivity index (χ0n) is 8.53. The molecule has 0 spiro atoms. The summed E-state index contributed by atoms with van der Waals surface area (Å²) < 4.78 is 40.0. The second-order valence-electron chi connectivity index (χ2n) is 2.77. The first kappa shape index (κ1) is 13.8. The Labute approximate surface area is 87.0 Å². The average molecular weight is 224 g/mol. The Hall–Kier alpha value is -1.17. The molecule has 0 rings (SSSR count). The molecule has 0 aliphatic carbocycles. The minimum Gasteiger partial charge on any atom is -0.389 e. The molecule has 0 aromatic carbocycles. The predicted molar refractivity (Wildman–Crippen MR) is 52.2 cm³/mol. The van der Waals surface area contributed by atoms with E-state index < -0.39 is 12.7 Å². The van der Waals surface area contributed by atoms with Crippen LogP contribution in [0.4, 0.5) is 13.2 Å². The lowest BCUT2D eigenvalue weighted by Gasteiger charge is -2.08. The van der Waals surface area contributed by atoms with Gasteiger partial charge >= 0.3 is 6.18 Å². The number of hydrogen-bond acceptors (Lipinski definition) is 3. The Balaban J connectivity index is 3.56. The van der Waals surface area contributed by atoms with Gasteiger partial charge in [0, 0.05) is 19.4 Å². The van der Waals surface area contributed by atoms with E-state index in [0.29, 0.717) is 13.2 Å². The molecule has 0 aliphatic heterocycles. The van der Waals surface area contributed by atoms with Crippen LogP contribution in [0.1, 0.15) is 0 Å². The molecule has 0 atom stereocenters. The third kappa shape index (κ3) is 10.8. The standard InChI is InChI=1S/C9H15F3N2O/c1-8(14-7-9(10,11)12)3-4-13-5-6-15-2/h3-4,13-14H,1,5-7H2,2H3/b4-3+. The van der Waals surface area contributed by atoms with E-state index in [2.05, 4.69) is 17.2 Å². The quantitative estimate of drug-likeness (QED) is 0.506. The van der Waals surface area contributed by atoms with Gasteiger partial charge in [0.15, 0.2) is 0 Å². The monoisotopic (exact) mass is 224 g/mol. The molecule has 0 radical (unpaired) electrons. The highest BCUT2D eigenvalue weighted by atomic mass is 19.4. The molecule has 0 heterocycles. The lowest BCUT2D eigenvalue weighted by Crippen LogP contribution is -2.27. The normalized spacial score (nSPS) is 11.7. The van der Waals surface area contributed by atoms with Crippen molar-refractivity contribution in [1.29, 1.82) is 0 Å². The predicted octanol–water partition coefficient (Wildman–Crippen LogP) is 1.40. The van der Waals surface area contributed by atoms with Gasteiger partial charge in [-0.05, 0) is 12.3 Å². The molecular weight excluding hydrogens is 209 g/mol. The smallest absolute Gasteiger partial charge is 0.389 e. The summed E-state index contributed by atoms with van der Waals surface area (Å²) in [5, 5.41) is 4.96. The lowest BCUT2D eigenvalue weighted by molar-refractivity contribution is -0.123. The highest BCUT2D eigenvalue weighted by Crippen LogP contribution is 2.12. The SMILES string of the molecule is C=C(/C=C/NCCOC)NCC(F)(F)F. The maximum absolute atomic E-state index is 11.7. The van der Waals surface area contributed by atoms with Crippen LogP contribution in [0.15, 0.2) is 24.6 Å². The Bertz CT molecular complexity index is 214. The number of ether oxygens (including phenoxy) is 1. The number of alkyl halides is 3.